The molecule has 0 rings (SSSR count). The first-order chi connectivity index (χ1) is 6.26. The Morgan fingerprint density at radius 3 is 2.69 bits per heavy atom. The Labute approximate surface area is 78.4 Å². The first-order valence-corrected chi connectivity index (χ1v) is 4.38. The van der Waals surface area contributed by atoms with Crippen molar-refractivity contribution in [3.05, 3.63) is 12.2 Å². The van der Waals surface area contributed by atoms with Crippen LogP contribution in [0.4, 0.5) is 0 Å². The van der Waals surface area contributed by atoms with Gasteiger partial charge in [0.05, 0.1) is 0 Å². The monoisotopic (exact) mass is 184 g/mol. The third-order valence-electron chi connectivity index (χ3n) is 1.38. The third-order valence-corrected chi connectivity index (χ3v) is 1.38. The van der Waals surface area contributed by atoms with Crippen LogP contribution in [0, 0.1) is 0 Å². The molecular formula is C9H16N2O2. The van der Waals surface area contributed by atoms with Gasteiger partial charge in [0.2, 0.25) is 0 Å². The normalized spacial score (nSPS) is 12.1. The van der Waals surface area contributed by atoms with Crippen LogP contribution in [0.5, 0.6) is 0 Å². The first-order valence-electron chi connectivity index (χ1n) is 4.38. The van der Waals surface area contributed by atoms with E-state index >= 15 is 0 Å². The summed E-state index contributed by atoms with van der Waals surface area (Å²) in [7, 11) is 0. The maximum Gasteiger partial charge on any atom is 0.374 e. The fraction of sp³-hybridized carbons (Fsp3) is 0.556. The highest BCUT2D eigenvalue weighted by molar-refractivity contribution is 6.41. The van der Waals surface area contributed by atoms with Gasteiger partial charge in [-0.1, -0.05) is 19.4 Å². The van der Waals surface area contributed by atoms with Gasteiger partial charge in [0.25, 0.3) is 0 Å². The highest BCUT2D eigenvalue weighted by Crippen LogP contribution is 1.92. The molecule has 0 fully saturated rings. The van der Waals surface area contributed by atoms with Gasteiger partial charge < -0.3 is 4.84 Å². The van der Waals surface area contributed by atoms with Crippen LogP contribution in [0.1, 0.15) is 26.7 Å². The molecule has 0 radical (unpaired) electrons. The highest BCUT2D eigenvalue weighted by atomic mass is 16.7. The summed E-state index contributed by atoms with van der Waals surface area (Å²) in [6.07, 6.45) is 5.47. The van der Waals surface area contributed by atoms with Gasteiger partial charge in [-0.3, -0.25) is 4.99 Å². The van der Waals surface area contributed by atoms with Gasteiger partial charge in [0.1, 0.15) is 5.71 Å². The van der Waals surface area contributed by atoms with Crippen molar-refractivity contribution in [3.63, 3.8) is 0 Å². The molecule has 0 aromatic rings. The van der Waals surface area contributed by atoms with Crippen LogP contribution in [0.2, 0.25) is 0 Å². The molecule has 0 aliphatic heterocycles. The predicted molar refractivity (Wildman–Crippen MR) is 52.3 cm³/mol. The second-order valence-electron chi connectivity index (χ2n) is 2.46. The minimum absolute atomic E-state index is 0.276. The van der Waals surface area contributed by atoms with Crippen LogP contribution in [-0.4, -0.2) is 18.2 Å². The van der Waals surface area contributed by atoms with Crippen LogP contribution >= 0.6 is 0 Å². The molecule has 0 saturated carbocycles. The van der Waals surface area contributed by atoms with Crippen molar-refractivity contribution in [2.24, 2.45) is 10.9 Å². The molecule has 0 amide bonds. The average Bonchev–Trinajstić information content (AvgIpc) is 2.16. The van der Waals surface area contributed by atoms with Gasteiger partial charge in [-0.2, -0.15) is 5.90 Å². The first kappa shape index (κ1) is 11.8. The number of carbonyl (C=O) groups excluding carboxylic acids is 1. The second kappa shape index (κ2) is 7.49. The van der Waals surface area contributed by atoms with Crippen molar-refractivity contribution >= 4 is 11.7 Å². The Hall–Kier alpha value is -1.16. The van der Waals surface area contributed by atoms with Gasteiger partial charge in [-0.15, -0.1) is 0 Å². The molecule has 4 heteroatoms. The van der Waals surface area contributed by atoms with Gasteiger partial charge >= 0.3 is 5.97 Å². The molecular weight excluding hydrogens is 168 g/mol. The fourth-order valence-electron chi connectivity index (χ4n) is 0.778. The van der Waals surface area contributed by atoms with E-state index in [2.05, 4.69) is 16.8 Å². The van der Waals surface area contributed by atoms with Gasteiger partial charge in [-0.25, -0.2) is 4.79 Å². The van der Waals surface area contributed by atoms with Crippen LogP contribution in [0.3, 0.4) is 0 Å². The Balaban J connectivity index is 4.26. The lowest BCUT2D eigenvalue weighted by atomic mass is 10.2. The number of unbranched alkanes of at least 4 members (excludes halogenated alkanes) is 1. The van der Waals surface area contributed by atoms with E-state index in [1.54, 1.807) is 6.08 Å². The number of hydrogen-bond acceptors (Lipinski definition) is 4. The summed E-state index contributed by atoms with van der Waals surface area (Å²) in [4.78, 5) is 19.0. The molecule has 0 unspecified atom stereocenters. The van der Waals surface area contributed by atoms with Crippen LogP contribution in [-0.2, 0) is 9.63 Å². The highest BCUT2D eigenvalue weighted by Gasteiger charge is 2.06. The maximum atomic E-state index is 11.0. The van der Waals surface area contributed by atoms with Crippen molar-refractivity contribution in [1.82, 2.24) is 0 Å². The molecule has 74 valence electrons. The largest absolute Gasteiger partial charge is 0.374 e. The van der Waals surface area contributed by atoms with Crippen LogP contribution < -0.4 is 5.90 Å². The van der Waals surface area contributed by atoms with E-state index in [1.807, 2.05) is 13.0 Å². The van der Waals surface area contributed by atoms with E-state index in [1.165, 1.54) is 0 Å². The van der Waals surface area contributed by atoms with Crippen LogP contribution in [0.25, 0.3) is 0 Å². The summed E-state index contributed by atoms with van der Waals surface area (Å²) in [6.45, 7) is 4.45. The van der Waals surface area contributed by atoms with Crippen molar-refractivity contribution in [2.75, 3.05) is 6.54 Å². The molecule has 0 aromatic carbocycles. The molecule has 0 aliphatic rings. The lowest BCUT2D eigenvalue weighted by Gasteiger charge is -1.96. The number of nitrogens with two attached hydrogens (primary N) is 1. The van der Waals surface area contributed by atoms with E-state index in [0.717, 1.165) is 12.8 Å². The Morgan fingerprint density at radius 2 is 2.23 bits per heavy atom. The molecule has 0 saturated heterocycles. The molecule has 4 nitrogen and oxygen atoms in total. The maximum absolute atomic E-state index is 11.0. The summed E-state index contributed by atoms with van der Waals surface area (Å²) in [5.41, 5.74) is 0.276. The van der Waals surface area contributed by atoms with E-state index in [9.17, 15) is 4.79 Å². The molecule has 2 N–H and O–H groups in total. The standard InChI is InChI=1S/C9H16N2O2/c1-3-5-6-7-8(11-4-2)9(12)13-10/h6-7H,3-5,10H2,1-2H3/b7-6-,11-8?. The van der Waals surface area contributed by atoms with Gasteiger partial charge in [0.15, 0.2) is 0 Å². The smallest absolute Gasteiger partial charge is 0.369 e. The summed E-state index contributed by atoms with van der Waals surface area (Å²) in [6, 6.07) is 0. The summed E-state index contributed by atoms with van der Waals surface area (Å²) >= 11 is 0. The molecule has 0 bridgehead atoms. The third kappa shape index (κ3) is 5.14. The zero-order chi connectivity index (χ0) is 10.1. The van der Waals surface area contributed by atoms with E-state index < -0.39 is 5.97 Å². The second-order valence-corrected chi connectivity index (χ2v) is 2.46. The van der Waals surface area contributed by atoms with Gasteiger partial charge in [-0.05, 0) is 19.4 Å². The number of allylic oxidation sites excluding steroid dienone is 1. The Bertz CT molecular complexity index is 210. The fourth-order valence-corrected chi connectivity index (χ4v) is 0.778. The zero-order valence-corrected chi connectivity index (χ0v) is 8.12. The quantitative estimate of drug-likeness (QED) is 0.516. The van der Waals surface area contributed by atoms with E-state index in [0.29, 0.717) is 6.54 Å². The summed E-state index contributed by atoms with van der Waals surface area (Å²) in [5, 5.41) is 0. The Kier molecular flexibility index (Phi) is 6.82. The topological polar surface area (TPSA) is 64.7 Å². The van der Waals surface area contributed by atoms with Crippen molar-refractivity contribution in [2.45, 2.75) is 26.7 Å². The molecule has 0 aliphatic carbocycles. The number of nitrogens with zero attached hydrogens (tertiary/aromatic N) is 1. The Morgan fingerprint density at radius 1 is 1.54 bits per heavy atom. The number of hydrogen-bond donors (Lipinski definition) is 1. The minimum atomic E-state index is -0.589. The zero-order valence-electron chi connectivity index (χ0n) is 8.12. The van der Waals surface area contributed by atoms with E-state index in [4.69, 9.17) is 5.90 Å². The molecule has 0 heterocycles. The lowest BCUT2D eigenvalue weighted by Crippen LogP contribution is -2.19. The lowest BCUT2D eigenvalue weighted by molar-refractivity contribution is -0.135. The minimum Gasteiger partial charge on any atom is -0.369 e. The van der Waals surface area contributed by atoms with Crippen molar-refractivity contribution in [3.8, 4) is 0 Å². The number of aliphatic imine (C=N–C) groups is 1. The van der Waals surface area contributed by atoms with Crippen molar-refractivity contribution in [1.29, 1.82) is 0 Å². The van der Waals surface area contributed by atoms with Crippen molar-refractivity contribution < 1.29 is 9.63 Å². The molecule has 0 aromatic heterocycles. The van der Waals surface area contributed by atoms with Gasteiger partial charge in [0, 0.05) is 6.54 Å². The average molecular weight is 184 g/mol. The SMILES string of the molecule is CCC/C=C\C(=NCC)C(=O)ON. The van der Waals surface area contributed by atoms with E-state index in [-0.39, 0.29) is 5.71 Å². The molecule has 0 atom stereocenters. The summed E-state index contributed by atoms with van der Waals surface area (Å²) in [5.74, 6) is 4.15. The molecule has 13 heavy (non-hydrogen) atoms. The summed E-state index contributed by atoms with van der Waals surface area (Å²) < 4.78 is 0. The molecule has 0 spiro atoms. The predicted octanol–water partition coefficient (Wildman–Crippen LogP) is 1.22. The number of rotatable bonds is 5. The number of carbonyl (C=O) groups is 1. The van der Waals surface area contributed by atoms with Crippen LogP contribution in [0.15, 0.2) is 17.1 Å².